The van der Waals surface area contributed by atoms with Crippen LogP contribution >= 0.6 is 0 Å². The molecule has 2 N–H and O–H groups in total. The smallest absolute Gasteiger partial charge is 0.237 e. The number of benzene rings is 1. The van der Waals surface area contributed by atoms with Crippen LogP contribution in [0.3, 0.4) is 0 Å². The molecule has 3 nitrogen and oxygen atoms in total. The molecule has 5 heteroatoms. The van der Waals surface area contributed by atoms with E-state index in [9.17, 15) is 13.6 Å². The van der Waals surface area contributed by atoms with Crippen LogP contribution < -0.4 is 10.6 Å². The van der Waals surface area contributed by atoms with Crippen molar-refractivity contribution >= 4 is 5.91 Å². The number of carbonyl (C=O) groups is 1. The average molecular weight is 240 g/mol. The number of amides is 1. The Morgan fingerprint density at radius 2 is 2.24 bits per heavy atom. The SMILES string of the molecule is O=C1NCCCC1NCc1cc(F)ccc1F. The molecule has 0 spiro atoms. The van der Waals surface area contributed by atoms with Crippen LogP contribution in [0.25, 0.3) is 0 Å². The highest BCUT2D eigenvalue weighted by Gasteiger charge is 2.21. The lowest BCUT2D eigenvalue weighted by atomic mass is 10.1. The summed E-state index contributed by atoms with van der Waals surface area (Å²) in [5, 5.41) is 5.66. The molecule has 0 radical (unpaired) electrons. The maximum atomic E-state index is 13.3. The van der Waals surface area contributed by atoms with Gasteiger partial charge in [0.05, 0.1) is 6.04 Å². The number of hydrogen-bond acceptors (Lipinski definition) is 2. The third-order valence-corrected chi connectivity index (χ3v) is 2.83. The van der Waals surface area contributed by atoms with Crippen LogP contribution in [-0.2, 0) is 11.3 Å². The van der Waals surface area contributed by atoms with Gasteiger partial charge in [-0.3, -0.25) is 4.79 Å². The van der Waals surface area contributed by atoms with E-state index in [0.29, 0.717) is 6.54 Å². The highest BCUT2D eigenvalue weighted by atomic mass is 19.1. The van der Waals surface area contributed by atoms with Crippen molar-refractivity contribution < 1.29 is 13.6 Å². The lowest BCUT2D eigenvalue weighted by Crippen LogP contribution is -2.48. The molecule has 0 bridgehead atoms. The molecule has 17 heavy (non-hydrogen) atoms. The molecule has 1 aromatic carbocycles. The van der Waals surface area contributed by atoms with Crippen molar-refractivity contribution in [3.63, 3.8) is 0 Å². The van der Waals surface area contributed by atoms with E-state index < -0.39 is 11.6 Å². The van der Waals surface area contributed by atoms with Crippen LogP contribution in [-0.4, -0.2) is 18.5 Å². The summed E-state index contributed by atoms with van der Waals surface area (Å²) in [7, 11) is 0. The van der Waals surface area contributed by atoms with Crippen molar-refractivity contribution in [2.24, 2.45) is 0 Å². The zero-order chi connectivity index (χ0) is 12.3. The summed E-state index contributed by atoms with van der Waals surface area (Å²) in [4.78, 5) is 11.4. The Labute approximate surface area is 98.2 Å². The van der Waals surface area contributed by atoms with Crippen molar-refractivity contribution in [2.75, 3.05) is 6.54 Å². The lowest BCUT2D eigenvalue weighted by Gasteiger charge is -2.22. The van der Waals surface area contributed by atoms with E-state index in [0.717, 1.165) is 31.0 Å². The molecule has 1 heterocycles. The maximum Gasteiger partial charge on any atom is 0.237 e. The molecule has 1 amide bonds. The van der Waals surface area contributed by atoms with Gasteiger partial charge in [-0.1, -0.05) is 0 Å². The highest BCUT2D eigenvalue weighted by Crippen LogP contribution is 2.11. The highest BCUT2D eigenvalue weighted by molar-refractivity contribution is 5.82. The van der Waals surface area contributed by atoms with Gasteiger partial charge in [-0.2, -0.15) is 0 Å². The number of halogens is 2. The summed E-state index contributed by atoms with van der Waals surface area (Å²) < 4.78 is 26.2. The fraction of sp³-hybridized carbons (Fsp3) is 0.417. The second kappa shape index (κ2) is 5.23. The molecule has 1 fully saturated rings. The van der Waals surface area contributed by atoms with Crippen LogP contribution in [0, 0.1) is 11.6 Å². The fourth-order valence-electron chi connectivity index (χ4n) is 1.88. The van der Waals surface area contributed by atoms with Gasteiger partial charge in [0.1, 0.15) is 11.6 Å². The van der Waals surface area contributed by atoms with Crippen LogP contribution in [0.5, 0.6) is 0 Å². The predicted octanol–water partition coefficient (Wildman–Crippen LogP) is 1.33. The van der Waals surface area contributed by atoms with Crippen molar-refractivity contribution in [3.05, 3.63) is 35.4 Å². The van der Waals surface area contributed by atoms with Gasteiger partial charge in [-0.05, 0) is 31.0 Å². The summed E-state index contributed by atoms with van der Waals surface area (Å²) in [6, 6.07) is 2.99. The monoisotopic (exact) mass is 240 g/mol. The molecular formula is C12H14F2N2O. The van der Waals surface area contributed by atoms with Crippen molar-refractivity contribution in [1.82, 2.24) is 10.6 Å². The van der Waals surface area contributed by atoms with E-state index in [1.165, 1.54) is 0 Å². The standard InChI is InChI=1S/C12H14F2N2O/c13-9-3-4-10(14)8(6-9)7-16-11-2-1-5-15-12(11)17/h3-4,6,11,16H,1-2,5,7H2,(H,15,17). The predicted molar refractivity (Wildman–Crippen MR) is 59.2 cm³/mol. The molecule has 2 rings (SSSR count). The van der Waals surface area contributed by atoms with Crippen molar-refractivity contribution in [1.29, 1.82) is 0 Å². The van der Waals surface area contributed by atoms with E-state index in [1.54, 1.807) is 0 Å². The zero-order valence-electron chi connectivity index (χ0n) is 9.30. The number of rotatable bonds is 3. The summed E-state index contributed by atoms with van der Waals surface area (Å²) in [5.41, 5.74) is 0.239. The molecule has 0 aliphatic carbocycles. The van der Waals surface area contributed by atoms with Gasteiger partial charge in [-0.25, -0.2) is 8.78 Å². The van der Waals surface area contributed by atoms with E-state index in [1.807, 2.05) is 0 Å². The topological polar surface area (TPSA) is 41.1 Å². The molecular weight excluding hydrogens is 226 g/mol. The van der Waals surface area contributed by atoms with E-state index in [-0.39, 0.29) is 24.1 Å². The van der Waals surface area contributed by atoms with Crippen molar-refractivity contribution in [2.45, 2.75) is 25.4 Å². The number of nitrogens with one attached hydrogen (secondary N) is 2. The first-order valence-corrected chi connectivity index (χ1v) is 5.62. The molecule has 0 aromatic heterocycles. The molecule has 1 aliphatic rings. The minimum Gasteiger partial charge on any atom is -0.355 e. The Morgan fingerprint density at radius 3 is 3.00 bits per heavy atom. The Balaban J connectivity index is 1.97. The first-order chi connectivity index (χ1) is 8.16. The van der Waals surface area contributed by atoms with Crippen LogP contribution in [0.4, 0.5) is 8.78 Å². The number of hydrogen-bond donors (Lipinski definition) is 2. The second-order valence-electron chi connectivity index (χ2n) is 4.10. The summed E-state index contributed by atoms with van der Waals surface area (Å²) >= 11 is 0. The molecule has 1 unspecified atom stereocenters. The summed E-state index contributed by atoms with van der Waals surface area (Å²) in [5.74, 6) is -1.01. The van der Waals surface area contributed by atoms with Gasteiger partial charge in [0.15, 0.2) is 0 Å². The van der Waals surface area contributed by atoms with E-state index in [2.05, 4.69) is 10.6 Å². The molecule has 92 valence electrons. The van der Waals surface area contributed by atoms with Gasteiger partial charge in [0.2, 0.25) is 5.91 Å². The van der Waals surface area contributed by atoms with E-state index in [4.69, 9.17) is 0 Å². The van der Waals surface area contributed by atoms with Gasteiger partial charge < -0.3 is 10.6 Å². The molecule has 1 saturated heterocycles. The van der Waals surface area contributed by atoms with Gasteiger partial charge >= 0.3 is 0 Å². The third kappa shape index (κ3) is 3.00. The van der Waals surface area contributed by atoms with Gasteiger partial charge in [0, 0.05) is 18.7 Å². The van der Waals surface area contributed by atoms with Crippen LogP contribution in [0.1, 0.15) is 18.4 Å². The molecule has 1 aromatic rings. The van der Waals surface area contributed by atoms with Crippen LogP contribution in [0.2, 0.25) is 0 Å². The minimum atomic E-state index is -0.476. The fourth-order valence-corrected chi connectivity index (χ4v) is 1.88. The van der Waals surface area contributed by atoms with Gasteiger partial charge in [-0.15, -0.1) is 0 Å². The summed E-state index contributed by atoms with van der Waals surface area (Å²) in [6.45, 7) is 0.840. The largest absolute Gasteiger partial charge is 0.355 e. The Bertz CT molecular complexity index is 423. The first-order valence-electron chi connectivity index (χ1n) is 5.62. The Hall–Kier alpha value is -1.49. The zero-order valence-corrected chi connectivity index (χ0v) is 9.30. The minimum absolute atomic E-state index is 0.0759. The molecule has 1 aliphatic heterocycles. The maximum absolute atomic E-state index is 13.3. The van der Waals surface area contributed by atoms with Crippen LogP contribution in [0.15, 0.2) is 18.2 Å². The lowest BCUT2D eigenvalue weighted by molar-refractivity contribution is -0.124. The van der Waals surface area contributed by atoms with E-state index >= 15 is 0 Å². The Morgan fingerprint density at radius 1 is 1.41 bits per heavy atom. The summed E-state index contributed by atoms with van der Waals surface area (Å²) in [6.07, 6.45) is 1.62. The normalized spacial score (nSPS) is 20.1. The third-order valence-electron chi connectivity index (χ3n) is 2.83. The molecule has 1 atom stereocenters. The number of piperidine rings is 1. The average Bonchev–Trinajstić information content (AvgIpc) is 2.32. The number of carbonyl (C=O) groups excluding carboxylic acids is 1. The quantitative estimate of drug-likeness (QED) is 0.837. The second-order valence-corrected chi connectivity index (χ2v) is 4.10. The molecule has 0 saturated carbocycles. The van der Waals surface area contributed by atoms with Gasteiger partial charge in [0.25, 0.3) is 0 Å². The first kappa shape index (κ1) is 12.0. The Kier molecular flexibility index (Phi) is 3.68. The van der Waals surface area contributed by atoms with Crippen molar-refractivity contribution in [3.8, 4) is 0 Å².